The lowest BCUT2D eigenvalue weighted by molar-refractivity contribution is -0.119. The molecular formula is C16H20N2O3S. The van der Waals surface area contributed by atoms with Crippen LogP contribution in [0.3, 0.4) is 0 Å². The summed E-state index contributed by atoms with van der Waals surface area (Å²) in [5.74, 6) is 2.12. The molecule has 1 saturated heterocycles. The van der Waals surface area contributed by atoms with Gasteiger partial charge in [-0.25, -0.2) is 4.79 Å². The van der Waals surface area contributed by atoms with Gasteiger partial charge in [-0.2, -0.15) is 11.8 Å². The molecule has 3 rings (SSSR count). The van der Waals surface area contributed by atoms with Crippen LogP contribution in [0.5, 0.6) is 0 Å². The molecule has 0 aliphatic carbocycles. The van der Waals surface area contributed by atoms with Crippen LogP contribution in [0.15, 0.2) is 18.2 Å². The third kappa shape index (κ3) is 3.38. The number of nitrogens with zero attached hydrogens (tertiary/aromatic N) is 1. The fourth-order valence-electron chi connectivity index (χ4n) is 2.80. The Morgan fingerprint density at radius 1 is 1.45 bits per heavy atom. The number of thioether (sulfide) groups is 1. The molecule has 2 aliphatic heterocycles. The second kappa shape index (κ2) is 6.60. The molecule has 6 heteroatoms. The number of anilines is 1. The van der Waals surface area contributed by atoms with Gasteiger partial charge in [0.25, 0.3) is 0 Å². The zero-order valence-electron chi connectivity index (χ0n) is 12.6. The average molecular weight is 320 g/mol. The molecule has 1 N–H and O–H groups in total. The van der Waals surface area contributed by atoms with E-state index in [0.717, 1.165) is 17.9 Å². The second-order valence-electron chi connectivity index (χ2n) is 5.66. The molecule has 0 spiro atoms. The number of hydrogen-bond acceptors (Lipinski definition) is 4. The number of amides is 2. The van der Waals surface area contributed by atoms with Gasteiger partial charge in [0.2, 0.25) is 5.91 Å². The molecule has 2 amide bonds. The van der Waals surface area contributed by atoms with Crippen LogP contribution in [0, 0.1) is 0 Å². The zero-order valence-corrected chi connectivity index (χ0v) is 13.4. The van der Waals surface area contributed by atoms with Crippen LogP contribution < -0.4 is 10.2 Å². The Kier molecular flexibility index (Phi) is 4.57. The Morgan fingerprint density at radius 3 is 3.14 bits per heavy atom. The van der Waals surface area contributed by atoms with E-state index in [2.05, 4.69) is 17.4 Å². The van der Waals surface area contributed by atoms with Crippen LogP contribution in [0.2, 0.25) is 0 Å². The number of benzene rings is 1. The maximum absolute atomic E-state index is 12.1. The Hall–Kier alpha value is -1.69. The van der Waals surface area contributed by atoms with Crippen molar-refractivity contribution in [3.8, 4) is 0 Å². The van der Waals surface area contributed by atoms with Crippen molar-refractivity contribution in [2.24, 2.45) is 0 Å². The third-order valence-corrected chi connectivity index (χ3v) is 5.04. The summed E-state index contributed by atoms with van der Waals surface area (Å²) in [6.45, 7) is 2.30. The van der Waals surface area contributed by atoms with Crippen LogP contribution in [0.25, 0.3) is 0 Å². The van der Waals surface area contributed by atoms with Gasteiger partial charge in [-0.05, 0) is 41.9 Å². The highest BCUT2D eigenvalue weighted by Gasteiger charge is 2.32. The summed E-state index contributed by atoms with van der Waals surface area (Å²) in [5.41, 5.74) is 3.59. The molecular weight excluding hydrogens is 300 g/mol. The number of cyclic esters (lactones) is 1. The van der Waals surface area contributed by atoms with Crippen LogP contribution in [0.4, 0.5) is 10.5 Å². The predicted octanol–water partition coefficient (Wildman–Crippen LogP) is 2.33. The first-order chi connectivity index (χ1) is 10.6. The van der Waals surface area contributed by atoms with Gasteiger partial charge in [-0.15, -0.1) is 0 Å². The predicted molar refractivity (Wildman–Crippen MR) is 87.2 cm³/mol. The van der Waals surface area contributed by atoms with Crippen LogP contribution in [-0.2, 0) is 21.7 Å². The third-order valence-electron chi connectivity index (χ3n) is 3.95. The number of carbonyl (C=O) groups is 2. The number of aryl methyl sites for hydroxylation is 1. The lowest BCUT2D eigenvalue weighted by Crippen LogP contribution is -2.33. The summed E-state index contributed by atoms with van der Waals surface area (Å²) < 4.78 is 5.32. The minimum atomic E-state index is -0.335. The van der Waals surface area contributed by atoms with Crippen LogP contribution in [-0.4, -0.2) is 36.9 Å². The first kappa shape index (κ1) is 15.2. The number of fused-ring (bicyclic) bond motifs is 1. The van der Waals surface area contributed by atoms with Crippen molar-refractivity contribution in [1.29, 1.82) is 0 Å². The Morgan fingerprint density at radius 2 is 2.32 bits per heavy atom. The van der Waals surface area contributed by atoms with E-state index < -0.39 is 0 Å². The van der Waals surface area contributed by atoms with E-state index in [-0.39, 0.29) is 18.1 Å². The molecule has 118 valence electrons. The highest BCUT2D eigenvalue weighted by molar-refractivity contribution is 7.98. The Bertz CT molecular complexity index is 591. The van der Waals surface area contributed by atoms with Crippen molar-refractivity contribution in [2.45, 2.75) is 31.6 Å². The van der Waals surface area contributed by atoms with Crippen molar-refractivity contribution >= 4 is 29.4 Å². The fraction of sp³-hybridized carbons (Fsp3) is 0.500. The van der Waals surface area contributed by atoms with Gasteiger partial charge in [0.15, 0.2) is 0 Å². The lowest BCUT2D eigenvalue weighted by atomic mass is 10.0. The van der Waals surface area contributed by atoms with Gasteiger partial charge < -0.3 is 10.1 Å². The van der Waals surface area contributed by atoms with Crippen LogP contribution in [0.1, 0.15) is 24.5 Å². The van der Waals surface area contributed by atoms with E-state index in [1.165, 1.54) is 30.2 Å². The topological polar surface area (TPSA) is 58.6 Å². The van der Waals surface area contributed by atoms with Crippen molar-refractivity contribution in [1.82, 2.24) is 5.32 Å². The van der Waals surface area contributed by atoms with Gasteiger partial charge in [0, 0.05) is 18.4 Å². The summed E-state index contributed by atoms with van der Waals surface area (Å²) >= 11 is 1.96. The highest BCUT2D eigenvalue weighted by atomic mass is 32.2. The maximum atomic E-state index is 12.1. The summed E-state index contributed by atoms with van der Waals surface area (Å²) in [6, 6.07) is 6.23. The summed E-state index contributed by atoms with van der Waals surface area (Å²) in [4.78, 5) is 24.7. The van der Waals surface area contributed by atoms with Crippen molar-refractivity contribution in [2.75, 3.05) is 23.7 Å². The molecule has 1 aromatic carbocycles. The monoisotopic (exact) mass is 320 g/mol. The minimum Gasteiger partial charge on any atom is -0.442 e. The van der Waals surface area contributed by atoms with E-state index in [1.807, 2.05) is 17.8 Å². The highest BCUT2D eigenvalue weighted by Crippen LogP contribution is 2.29. The SMILES string of the molecule is CC(=O)NCC1CN(c2ccc3c(c2)CCCSC3)C(=O)O1. The van der Waals surface area contributed by atoms with Gasteiger partial charge in [-0.3, -0.25) is 9.69 Å². The normalized spacial score (nSPS) is 21.0. The molecule has 1 unspecified atom stereocenters. The molecule has 0 saturated carbocycles. The first-order valence-corrected chi connectivity index (χ1v) is 8.71. The largest absolute Gasteiger partial charge is 0.442 e. The maximum Gasteiger partial charge on any atom is 0.414 e. The van der Waals surface area contributed by atoms with E-state index in [9.17, 15) is 9.59 Å². The van der Waals surface area contributed by atoms with E-state index in [4.69, 9.17) is 4.74 Å². The summed E-state index contributed by atoms with van der Waals surface area (Å²) in [6.07, 6.45) is 1.62. The zero-order chi connectivity index (χ0) is 15.5. The smallest absolute Gasteiger partial charge is 0.414 e. The van der Waals surface area contributed by atoms with Crippen molar-refractivity contribution in [3.63, 3.8) is 0 Å². The average Bonchev–Trinajstić information content (AvgIpc) is 2.71. The standard InChI is InChI=1S/C16H20N2O3S/c1-11(19)17-8-15-9-18(16(20)21-15)14-5-4-13-10-22-6-2-3-12(13)7-14/h4-5,7,15H,2-3,6,8-10H2,1H3,(H,17,19). The number of nitrogens with one attached hydrogen (secondary N) is 1. The summed E-state index contributed by atoms with van der Waals surface area (Å²) in [7, 11) is 0. The lowest BCUT2D eigenvalue weighted by Gasteiger charge is -2.16. The van der Waals surface area contributed by atoms with Gasteiger partial charge in [0.1, 0.15) is 6.10 Å². The van der Waals surface area contributed by atoms with Gasteiger partial charge in [0.05, 0.1) is 13.1 Å². The molecule has 1 aromatic rings. The number of ether oxygens (including phenoxy) is 1. The van der Waals surface area contributed by atoms with Crippen LogP contribution >= 0.6 is 11.8 Å². The minimum absolute atomic E-state index is 0.114. The summed E-state index contributed by atoms with van der Waals surface area (Å²) in [5, 5.41) is 2.69. The van der Waals surface area contributed by atoms with Crippen molar-refractivity contribution < 1.29 is 14.3 Å². The van der Waals surface area contributed by atoms with Gasteiger partial charge >= 0.3 is 6.09 Å². The molecule has 1 fully saturated rings. The number of rotatable bonds is 3. The fourth-order valence-corrected chi connectivity index (χ4v) is 3.79. The van der Waals surface area contributed by atoms with E-state index >= 15 is 0 Å². The quantitative estimate of drug-likeness (QED) is 0.928. The second-order valence-corrected chi connectivity index (χ2v) is 6.77. The first-order valence-electron chi connectivity index (χ1n) is 7.55. The Balaban J connectivity index is 1.72. The number of carbonyl (C=O) groups excluding carboxylic acids is 2. The van der Waals surface area contributed by atoms with Gasteiger partial charge in [-0.1, -0.05) is 6.07 Å². The molecule has 2 heterocycles. The van der Waals surface area contributed by atoms with E-state index in [0.29, 0.717) is 13.1 Å². The van der Waals surface area contributed by atoms with Crippen molar-refractivity contribution in [3.05, 3.63) is 29.3 Å². The molecule has 0 aromatic heterocycles. The molecule has 2 aliphatic rings. The number of hydrogen-bond donors (Lipinski definition) is 1. The molecule has 0 radical (unpaired) electrons. The van der Waals surface area contributed by atoms with E-state index in [1.54, 1.807) is 4.90 Å². The molecule has 5 nitrogen and oxygen atoms in total. The molecule has 22 heavy (non-hydrogen) atoms. The molecule has 0 bridgehead atoms. The molecule has 1 atom stereocenters. The Labute approximate surface area is 134 Å².